The lowest BCUT2D eigenvalue weighted by atomic mass is 9.86. The van der Waals surface area contributed by atoms with Crippen LogP contribution in [0.3, 0.4) is 0 Å². The SMILES string of the molecule is CC[C@@]1(O)C(=O)OCc2c1cc1n(c2=O)Cc2cc3c(OCc4ccccc4)ccc([Si](C)(C)C(C)(C)C)c3nc2-1. The van der Waals surface area contributed by atoms with Crippen LogP contribution in [0.25, 0.3) is 22.3 Å². The number of aromatic nitrogens is 2. The highest BCUT2D eigenvalue weighted by molar-refractivity contribution is 6.93. The van der Waals surface area contributed by atoms with E-state index in [0.29, 0.717) is 35.7 Å². The van der Waals surface area contributed by atoms with Gasteiger partial charge in [0.25, 0.3) is 5.56 Å². The molecule has 4 aromatic rings. The van der Waals surface area contributed by atoms with Gasteiger partial charge in [0.15, 0.2) is 5.60 Å². The van der Waals surface area contributed by atoms with Gasteiger partial charge < -0.3 is 19.1 Å². The maximum absolute atomic E-state index is 13.7. The average molecular weight is 569 g/mol. The molecule has 2 aliphatic heterocycles. The van der Waals surface area contributed by atoms with Crippen LogP contribution >= 0.6 is 0 Å². The minimum atomic E-state index is -2.04. The summed E-state index contributed by atoms with van der Waals surface area (Å²) in [7, 11) is -2.04. The summed E-state index contributed by atoms with van der Waals surface area (Å²) in [4.78, 5) is 31.5. The Labute approximate surface area is 240 Å². The molecular formula is C33H36N2O5Si. The molecule has 41 heavy (non-hydrogen) atoms. The van der Waals surface area contributed by atoms with E-state index in [9.17, 15) is 14.7 Å². The topological polar surface area (TPSA) is 90.7 Å². The van der Waals surface area contributed by atoms with Crippen LogP contribution < -0.4 is 15.5 Å². The molecule has 4 heterocycles. The lowest BCUT2D eigenvalue weighted by Gasteiger charge is -2.38. The predicted molar refractivity (Wildman–Crippen MR) is 162 cm³/mol. The van der Waals surface area contributed by atoms with Gasteiger partial charge in [-0.15, -0.1) is 0 Å². The Morgan fingerprint density at radius 3 is 2.51 bits per heavy atom. The number of carbonyl (C=O) groups is 1. The molecule has 2 aromatic carbocycles. The fraction of sp³-hybridized carbons (Fsp3) is 0.364. The van der Waals surface area contributed by atoms with Gasteiger partial charge in [-0.2, -0.15) is 0 Å². The number of aliphatic hydroxyl groups is 1. The Morgan fingerprint density at radius 1 is 1.10 bits per heavy atom. The summed E-state index contributed by atoms with van der Waals surface area (Å²) in [6, 6.07) is 18.2. The van der Waals surface area contributed by atoms with Crippen molar-refractivity contribution < 1.29 is 19.4 Å². The van der Waals surface area contributed by atoms with E-state index in [4.69, 9.17) is 14.5 Å². The summed E-state index contributed by atoms with van der Waals surface area (Å²) < 4.78 is 13.3. The Balaban J connectivity index is 1.57. The van der Waals surface area contributed by atoms with E-state index in [1.807, 2.05) is 30.3 Å². The first-order chi connectivity index (χ1) is 19.4. The van der Waals surface area contributed by atoms with Crippen molar-refractivity contribution in [2.75, 3.05) is 0 Å². The van der Waals surface area contributed by atoms with Crippen molar-refractivity contribution in [3.63, 3.8) is 0 Å². The smallest absolute Gasteiger partial charge is 0.343 e. The van der Waals surface area contributed by atoms with Crippen molar-refractivity contribution in [3.8, 4) is 17.1 Å². The zero-order valence-electron chi connectivity index (χ0n) is 24.5. The average Bonchev–Trinajstić information content (AvgIpc) is 3.30. The van der Waals surface area contributed by atoms with Crippen LogP contribution in [0.4, 0.5) is 0 Å². The van der Waals surface area contributed by atoms with E-state index in [2.05, 4.69) is 52.1 Å². The van der Waals surface area contributed by atoms with Crippen LogP contribution in [0.5, 0.6) is 5.75 Å². The number of pyridine rings is 2. The van der Waals surface area contributed by atoms with Crippen molar-refractivity contribution in [1.29, 1.82) is 0 Å². The van der Waals surface area contributed by atoms with E-state index < -0.39 is 19.6 Å². The zero-order chi connectivity index (χ0) is 29.3. The molecule has 0 bridgehead atoms. The van der Waals surface area contributed by atoms with E-state index in [-0.39, 0.29) is 23.6 Å². The highest BCUT2D eigenvalue weighted by atomic mass is 28.3. The standard InChI is InChI=1S/C33H36N2O5Si/c1-7-33(38)24-16-25-28-21(17-35(25)30(36)23(24)19-40-31(33)37)15-22-26(39-18-20-11-9-8-10-12-20)13-14-27(29(22)34-28)41(5,6)32(2,3)4/h8-16,38H,7,17-19H2,1-6H3/t33-/m0/s1. The fourth-order valence-corrected chi connectivity index (χ4v) is 7.90. The molecule has 0 amide bonds. The monoisotopic (exact) mass is 568 g/mol. The van der Waals surface area contributed by atoms with Crippen LogP contribution in [0.1, 0.15) is 56.4 Å². The lowest BCUT2D eigenvalue weighted by Crippen LogP contribution is -2.50. The quantitative estimate of drug-likeness (QED) is 0.226. The third kappa shape index (κ3) is 4.15. The molecule has 7 nitrogen and oxygen atoms in total. The molecule has 2 aromatic heterocycles. The third-order valence-corrected chi connectivity index (χ3v) is 14.9. The Bertz CT molecular complexity index is 1770. The van der Waals surface area contributed by atoms with Gasteiger partial charge in [0.1, 0.15) is 19.0 Å². The molecule has 1 N–H and O–H groups in total. The van der Waals surface area contributed by atoms with E-state index in [1.165, 1.54) is 5.19 Å². The normalized spacial score (nSPS) is 18.1. The Kier molecular flexibility index (Phi) is 6.28. The van der Waals surface area contributed by atoms with Crippen molar-refractivity contribution in [1.82, 2.24) is 9.55 Å². The summed E-state index contributed by atoms with van der Waals surface area (Å²) in [6.07, 6.45) is 0.108. The molecule has 0 fully saturated rings. The molecule has 2 aliphatic rings. The summed E-state index contributed by atoms with van der Waals surface area (Å²) in [5.74, 6) is 0.0329. The van der Waals surface area contributed by atoms with Gasteiger partial charge >= 0.3 is 5.97 Å². The van der Waals surface area contributed by atoms with Gasteiger partial charge in [0.05, 0.1) is 37.1 Å². The van der Waals surface area contributed by atoms with Crippen LogP contribution in [0.2, 0.25) is 18.1 Å². The van der Waals surface area contributed by atoms with Gasteiger partial charge in [-0.3, -0.25) is 4.79 Å². The minimum Gasteiger partial charge on any atom is -0.488 e. The highest BCUT2D eigenvalue weighted by Gasteiger charge is 2.45. The molecule has 212 valence electrons. The molecule has 8 heteroatoms. The number of hydrogen-bond acceptors (Lipinski definition) is 6. The molecule has 0 spiro atoms. The number of fused-ring (bicyclic) bond motifs is 5. The minimum absolute atomic E-state index is 0.0684. The fourth-order valence-electron chi connectivity index (χ4n) is 5.81. The second kappa shape index (κ2) is 9.39. The first-order valence-electron chi connectivity index (χ1n) is 14.2. The number of nitrogens with zero attached hydrogens (tertiary/aromatic N) is 2. The first kappa shape index (κ1) is 27.4. The van der Waals surface area contributed by atoms with Crippen LogP contribution in [-0.4, -0.2) is 28.7 Å². The number of esters is 1. The van der Waals surface area contributed by atoms with Gasteiger partial charge in [-0.1, -0.05) is 77.2 Å². The summed E-state index contributed by atoms with van der Waals surface area (Å²) in [5.41, 5.74) is 2.71. The lowest BCUT2D eigenvalue weighted by molar-refractivity contribution is -0.172. The largest absolute Gasteiger partial charge is 0.488 e. The van der Waals surface area contributed by atoms with Gasteiger partial charge in [-0.05, 0) is 40.4 Å². The molecule has 0 unspecified atom stereocenters. The van der Waals surface area contributed by atoms with Crippen LogP contribution in [0.15, 0.2) is 59.4 Å². The second-order valence-corrected chi connectivity index (χ2v) is 18.0. The predicted octanol–water partition coefficient (Wildman–Crippen LogP) is 5.37. The molecule has 0 saturated carbocycles. The summed E-state index contributed by atoms with van der Waals surface area (Å²) in [6.45, 7) is 13.9. The second-order valence-electron chi connectivity index (χ2n) is 12.8. The molecule has 0 aliphatic carbocycles. The zero-order valence-corrected chi connectivity index (χ0v) is 25.5. The van der Waals surface area contributed by atoms with E-state index in [1.54, 1.807) is 17.6 Å². The summed E-state index contributed by atoms with van der Waals surface area (Å²) in [5, 5.41) is 13.5. The first-order valence-corrected chi connectivity index (χ1v) is 17.2. The number of benzene rings is 2. The van der Waals surface area contributed by atoms with Crippen LogP contribution in [0, 0.1) is 0 Å². The number of hydrogen-bond donors (Lipinski definition) is 1. The number of rotatable bonds is 5. The third-order valence-electron chi connectivity index (χ3n) is 9.42. The molecule has 1 atom stereocenters. The van der Waals surface area contributed by atoms with Crippen molar-refractivity contribution in [2.24, 2.45) is 0 Å². The molecule has 0 radical (unpaired) electrons. The Hall–Kier alpha value is -3.75. The highest BCUT2D eigenvalue weighted by Crippen LogP contribution is 2.42. The van der Waals surface area contributed by atoms with Gasteiger partial charge in [0.2, 0.25) is 0 Å². The van der Waals surface area contributed by atoms with Crippen molar-refractivity contribution in [3.05, 3.63) is 87.2 Å². The van der Waals surface area contributed by atoms with E-state index >= 15 is 0 Å². The van der Waals surface area contributed by atoms with E-state index in [0.717, 1.165) is 27.8 Å². The van der Waals surface area contributed by atoms with Gasteiger partial charge in [-0.25, -0.2) is 9.78 Å². The molecule has 0 saturated heterocycles. The van der Waals surface area contributed by atoms with Gasteiger partial charge in [0, 0.05) is 16.5 Å². The molecule has 6 rings (SSSR count). The van der Waals surface area contributed by atoms with Crippen LogP contribution in [-0.2, 0) is 34.9 Å². The number of ether oxygens (including phenoxy) is 2. The number of carbonyl (C=O) groups excluding carboxylic acids is 1. The maximum atomic E-state index is 13.7. The maximum Gasteiger partial charge on any atom is 0.343 e. The Morgan fingerprint density at radius 2 is 1.83 bits per heavy atom. The van der Waals surface area contributed by atoms with Crippen molar-refractivity contribution >= 4 is 30.1 Å². The van der Waals surface area contributed by atoms with Crippen molar-refractivity contribution in [2.45, 2.75) is 77.6 Å². The number of cyclic esters (lactones) is 1. The molecular weight excluding hydrogens is 532 g/mol. The summed E-state index contributed by atoms with van der Waals surface area (Å²) >= 11 is 0.